The highest BCUT2D eigenvalue weighted by Gasteiger charge is 2.61. The number of hydrogen-bond donors (Lipinski definition) is 4. The minimum atomic E-state index is -1.84. The number of aromatic nitrogens is 2. The lowest BCUT2D eigenvalue weighted by atomic mass is 9.62. The highest BCUT2D eigenvalue weighted by molar-refractivity contribution is 6.31. The molecule has 0 radical (unpaired) electrons. The summed E-state index contributed by atoms with van der Waals surface area (Å²) in [6.45, 7) is 6.67. The summed E-state index contributed by atoms with van der Waals surface area (Å²) in [5.74, 6) is -3.39. The number of nitriles is 1. The average molecular weight is 621 g/mol. The number of hydrogen-bond acceptors (Lipinski definition) is 6. The van der Waals surface area contributed by atoms with E-state index in [-0.39, 0.29) is 46.6 Å². The van der Waals surface area contributed by atoms with Crippen molar-refractivity contribution >= 4 is 34.9 Å². The molecule has 42 heavy (non-hydrogen) atoms. The number of halogens is 4. The minimum Gasteiger partial charge on any atom is -0.396 e. The first kappa shape index (κ1) is 31.9. The summed E-state index contributed by atoms with van der Waals surface area (Å²) in [4.78, 5) is 13.9. The molecule has 0 aliphatic carbocycles. The number of aliphatic hydroxyl groups is 2. The van der Waals surface area contributed by atoms with E-state index in [4.69, 9.17) is 23.2 Å². The van der Waals surface area contributed by atoms with Crippen LogP contribution in [0.3, 0.4) is 0 Å². The molecule has 1 aromatic heterocycles. The quantitative estimate of drug-likeness (QED) is 0.262. The summed E-state index contributed by atoms with van der Waals surface area (Å²) in [5, 5.41) is 41.2. The van der Waals surface area contributed by atoms with E-state index in [1.165, 1.54) is 41.1 Å². The van der Waals surface area contributed by atoms with Gasteiger partial charge in [-0.1, -0.05) is 55.2 Å². The van der Waals surface area contributed by atoms with Gasteiger partial charge < -0.3 is 20.8 Å². The molecule has 1 amide bonds. The lowest BCUT2D eigenvalue weighted by molar-refractivity contribution is -0.118. The molecule has 1 aliphatic rings. The number of benzene rings is 2. The fourth-order valence-electron chi connectivity index (χ4n) is 5.68. The molecule has 4 atom stereocenters. The zero-order chi connectivity index (χ0) is 31.0. The number of amides is 1. The number of carbonyl (C=O) groups is 1. The van der Waals surface area contributed by atoms with E-state index < -0.39 is 52.0 Å². The number of nitrogens with one attached hydrogen (secondary N) is 2. The first-order valence-electron chi connectivity index (χ1n) is 13.4. The third kappa shape index (κ3) is 6.31. The number of anilines is 1. The standard InChI is InChI=1S/C30H33Cl2F2N5O3/c1-28(2,16-40)13-22-30(14-35,19-9-8-17(31)12-21(19)33)24(18-6-5-7-20(32)25(18)34)26(36-22)27(41)37-23-10-11-39(38-23)15-29(3,4)42/h5-12,22,24,26,36,40,42H,13,15-16H2,1-4H3,(H,37,38,41). The Bertz CT molecular complexity index is 1520. The van der Waals surface area contributed by atoms with Crippen molar-refractivity contribution in [3.63, 3.8) is 0 Å². The summed E-state index contributed by atoms with van der Waals surface area (Å²) < 4.78 is 33.0. The Hall–Kier alpha value is -3.07. The van der Waals surface area contributed by atoms with Crippen LogP contribution in [0.15, 0.2) is 48.7 Å². The van der Waals surface area contributed by atoms with Gasteiger partial charge in [-0.3, -0.25) is 9.48 Å². The van der Waals surface area contributed by atoms with Crippen LogP contribution in [0.5, 0.6) is 0 Å². The second-order valence-electron chi connectivity index (χ2n) is 12.1. The molecule has 4 N–H and O–H groups in total. The fraction of sp³-hybridized carbons (Fsp3) is 0.433. The summed E-state index contributed by atoms with van der Waals surface area (Å²) in [5.41, 5.74) is -3.79. The van der Waals surface area contributed by atoms with Gasteiger partial charge in [0.25, 0.3) is 0 Å². The first-order chi connectivity index (χ1) is 19.6. The van der Waals surface area contributed by atoms with Gasteiger partial charge >= 0.3 is 0 Å². The lowest BCUT2D eigenvalue weighted by Gasteiger charge is -2.38. The van der Waals surface area contributed by atoms with Crippen molar-refractivity contribution in [2.24, 2.45) is 5.41 Å². The molecule has 1 aliphatic heterocycles. The molecule has 0 bridgehead atoms. The van der Waals surface area contributed by atoms with Gasteiger partial charge in [-0.2, -0.15) is 10.4 Å². The van der Waals surface area contributed by atoms with E-state index in [2.05, 4.69) is 21.8 Å². The Morgan fingerprint density at radius 3 is 2.55 bits per heavy atom. The van der Waals surface area contributed by atoms with Crippen LogP contribution in [0.4, 0.5) is 14.6 Å². The Kier molecular flexibility index (Phi) is 9.03. The van der Waals surface area contributed by atoms with Crippen LogP contribution < -0.4 is 10.6 Å². The molecule has 8 nitrogen and oxygen atoms in total. The zero-order valence-electron chi connectivity index (χ0n) is 23.6. The van der Waals surface area contributed by atoms with Crippen LogP contribution in [-0.2, 0) is 16.8 Å². The Morgan fingerprint density at radius 2 is 1.93 bits per heavy atom. The van der Waals surface area contributed by atoms with Gasteiger partial charge in [-0.15, -0.1) is 0 Å². The van der Waals surface area contributed by atoms with Crippen LogP contribution >= 0.6 is 23.2 Å². The zero-order valence-corrected chi connectivity index (χ0v) is 25.1. The number of carbonyl (C=O) groups excluding carboxylic acids is 1. The molecule has 3 aromatic rings. The maximum Gasteiger partial charge on any atom is 0.243 e. The highest BCUT2D eigenvalue weighted by atomic mass is 35.5. The van der Waals surface area contributed by atoms with E-state index >= 15 is 8.78 Å². The van der Waals surface area contributed by atoms with Crippen LogP contribution in [0, 0.1) is 28.4 Å². The van der Waals surface area contributed by atoms with Crippen molar-refractivity contribution < 1.29 is 23.8 Å². The predicted octanol–water partition coefficient (Wildman–Crippen LogP) is 5.17. The van der Waals surface area contributed by atoms with E-state index in [9.17, 15) is 20.3 Å². The van der Waals surface area contributed by atoms with Gasteiger partial charge in [0.1, 0.15) is 17.0 Å². The smallest absolute Gasteiger partial charge is 0.243 e. The van der Waals surface area contributed by atoms with Gasteiger partial charge in [0.15, 0.2) is 5.82 Å². The van der Waals surface area contributed by atoms with Crippen molar-refractivity contribution in [1.29, 1.82) is 5.26 Å². The van der Waals surface area contributed by atoms with Crippen molar-refractivity contribution in [3.8, 4) is 6.07 Å². The molecule has 4 unspecified atom stereocenters. The normalized spacial score (nSPS) is 22.6. The summed E-state index contributed by atoms with van der Waals surface area (Å²) in [6.07, 6.45) is 1.71. The second kappa shape index (κ2) is 11.9. The fourth-order valence-corrected chi connectivity index (χ4v) is 6.02. The molecule has 12 heteroatoms. The van der Waals surface area contributed by atoms with Gasteiger partial charge in [0.05, 0.1) is 29.3 Å². The number of aliphatic hydroxyl groups excluding tert-OH is 1. The largest absolute Gasteiger partial charge is 0.396 e. The molecular weight excluding hydrogens is 587 g/mol. The van der Waals surface area contributed by atoms with E-state index in [1.807, 2.05) is 0 Å². The van der Waals surface area contributed by atoms with Crippen molar-refractivity contribution in [2.45, 2.75) is 69.7 Å². The molecular formula is C30H33Cl2F2N5O3. The van der Waals surface area contributed by atoms with Crippen LogP contribution in [0.25, 0.3) is 0 Å². The Morgan fingerprint density at radius 1 is 1.21 bits per heavy atom. The van der Waals surface area contributed by atoms with Gasteiger partial charge in [0, 0.05) is 41.4 Å². The average Bonchev–Trinajstić information content (AvgIpc) is 3.46. The third-order valence-corrected chi connectivity index (χ3v) is 8.07. The van der Waals surface area contributed by atoms with Crippen molar-refractivity contribution in [2.75, 3.05) is 11.9 Å². The molecule has 2 aromatic carbocycles. The maximum absolute atomic E-state index is 15.8. The summed E-state index contributed by atoms with van der Waals surface area (Å²) in [7, 11) is 0. The summed E-state index contributed by atoms with van der Waals surface area (Å²) >= 11 is 12.2. The molecule has 1 fully saturated rings. The molecule has 1 saturated heterocycles. The van der Waals surface area contributed by atoms with Crippen molar-refractivity contribution in [1.82, 2.24) is 15.1 Å². The van der Waals surface area contributed by atoms with Crippen LogP contribution in [0.1, 0.15) is 51.2 Å². The SMILES string of the molecule is CC(C)(O)Cn1ccc(NC(=O)C2NC(CC(C)(C)CO)C(C#N)(c3ccc(Cl)cc3F)C2c2cccc(Cl)c2F)n1. The van der Waals surface area contributed by atoms with Gasteiger partial charge in [-0.05, 0) is 49.4 Å². The van der Waals surface area contributed by atoms with E-state index in [1.54, 1.807) is 33.9 Å². The van der Waals surface area contributed by atoms with Crippen LogP contribution in [0.2, 0.25) is 10.0 Å². The monoisotopic (exact) mass is 619 g/mol. The summed E-state index contributed by atoms with van der Waals surface area (Å²) in [6, 6.07) is 9.75. The van der Waals surface area contributed by atoms with Gasteiger partial charge in [0.2, 0.25) is 5.91 Å². The minimum absolute atomic E-state index is 0.0529. The Balaban J connectivity index is 1.89. The highest BCUT2D eigenvalue weighted by Crippen LogP contribution is 2.52. The number of nitrogens with zero attached hydrogens (tertiary/aromatic N) is 3. The number of rotatable bonds is 9. The molecule has 224 valence electrons. The predicted molar refractivity (Wildman–Crippen MR) is 156 cm³/mol. The first-order valence-corrected chi connectivity index (χ1v) is 14.1. The van der Waals surface area contributed by atoms with E-state index in [0.717, 1.165) is 6.07 Å². The molecule has 0 spiro atoms. The van der Waals surface area contributed by atoms with E-state index in [0.29, 0.717) is 0 Å². The molecule has 4 rings (SSSR count). The maximum atomic E-state index is 15.8. The van der Waals surface area contributed by atoms with Crippen LogP contribution in [-0.4, -0.2) is 50.2 Å². The molecule has 2 heterocycles. The Labute approximate surface area is 253 Å². The lowest BCUT2D eigenvalue weighted by Crippen LogP contribution is -2.45. The molecule has 0 saturated carbocycles. The second-order valence-corrected chi connectivity index (χ2v) is 13.0. The topological polar surface area (TPSA) is 123 Å². The van der Waals surface area contributed by atoms with Crippen molar-refractivity contribution in [3.05, 3.63) is 81.5 Å². The third-order valence-electron chi connectivity index (χ3n) is 7.54. The van der Waals surface area contributed by atoms with Gasteiger partial charge in [-0.25, -0.2) is 8.78 Å².